The van der Waals surface area contributed by atoms with Crippen molar-refractivity contribution in [1.29, 1.82) is 0 Å². The third-order valence-corrected chi connectivity index (χ3v) is 4.20. The largest absolute Gasteiger partial charge is 0.508 e. The molecule has 0 bridgehead atoms. The molecule has 0 saturated carbocycles. The van der Waals surface area contributed by atoms with Gasteiger partial charge in [-0.15, -0.1) is 0 Å². The molecule has 0 aromatic heterocycles. The Bertz CT molecular complexity index is 831. The number of nitrogens with zero attached hydrogens (tertiary/aromatic N) is 1. The Balaban J connectivity index is 1.73. The molecule has 3 rings (SSSR count). The number of rotatable bonds is 5. The first kappa shape index (κ1) is 17.7. The Labute approximate surface area is 150 Å². The van der Waals surface area contributed by atoms with Crippen molar-refractivity contribution in [2.45, 2.75) is 19.1 Å². The average molecular weight is 353 g/mol. The third-order valence-electron chi connectivity index (χ3n) is 4.20. The van der Waals surface area contributed by atoms with Crippen molar-refractivity contribution in [3.05, 3.63) is 71.3 Å². The standard InChI is InChI=1S/C20H19NO5/c22-12-16-10-15(6-8-18(16)23)7-9-19(24)21-17(13-26-20(21)25)11-14-4-2-1-3-5-14/h1-10,17,22-23H,11-13H2/b9-7+/t17-/m0/s1. The number of aliphatic hydroxyl groups excluding tert-OH is 1. The highest BCUT2D eigenvalue weighted by molar-refractivity contribution is 6.02. The Morgan fingerprint density at radius 2 is 2.00 bits per heavy atom. The van der Waals surface area contributed by atoms with Crippen molar-refractivity contribution in [3.63, 3.8) is 0 Å². The molecule has 0 aliphatic carbocycles. The molecular weight excluding hydrogens is 334 g/mol. The molecule has 6 nitrogen and oxygen atoms in total. The van der Waals surface area contributed by atoms with E-state index < -0.39 is 12.0 Å². The fourth-order valence-electron chi connectivity index (χ4n) is 2.85. The van der Waals surface area contributed by atoms with Crippen LogP contribution in [0.3, 0.4) is 0 Å². The molecule has 2 amide bonds. The molecule has 0 spiro atoms. The zero-order chi connectivity index (χ0) is 18.5. The number of carbonyl (C=O) groups excluding carboxylic acids is 2. The van der Waals surface area contributed by atoms with E-state index in [2.05, 4.69) is 0 Å². The van der Waals surface area contributed by atoms with Gasteiger partial charge in [0.25, 0.3) is 5.91 Å². The van der Waals surface area contributed by atoms with E-state index in [-0.39, 0.29) is 25.0 Å². The van der Waals surface area contributed by atoms with Crippen LogP contribution in [0.5, 0.6) is 5.75 Å². The number of amides is 2. The van der Waals surface area contributed by atoms with Crippen molar-refractivity contribution in [2.24, 2.45) is 0 Å². The van der Waals surface area contributed by atoms with Gasteiger partial charge in [-0.2, -0.15) is 0 Å². The number of benzene rings is 2. The Kier molecular flexibility index (Phi) is 5.34. The highest BCUT2D eigenvalue weighted by Crippen LogP contribution is 2.21. The lowest BCUT2D eigenvalue weighted by Crippen LogP contribution is -2.39. The third kappa shape index (κ3) is 3.92. The molecule has 2 aromatic rings. The predicted octanol–water partition coefficient (Wildman–Crippen LogP) is 2.49. The summed E-state index contributed by atoms with van der Waals surface area (Å²) >= 11 is 0. The maximum absolute atomic E-state index is 12.5. The van der Waals surface area contributed by atoms with Crippen LogP contribution in [0.1, 0.15) is 16.7 Å². The highest BCUT2D eigenvalue weighted by Gasteiger charge is 2.36. The zero-order valence-corrected chi connectivity index (χ0v) is 14.0. The van der Waals surface area contributed by atoms with Crippen molar-refractivity contribution >= 4 is 18.1 Å². The van der Waals surface area contributed by atoms with Gasteiger partial charge in [0.15, 0.2) is 0 Å². The summed E-state index contributed by atoms with van der Waals surface area (Å²) < 4.78 is 5.04. The Morgan fingerprint density at radius 3 is 2.73 bits per heavy atom. The number of phenols is 1. The first-order valence-electron chi connectivity index (χ1n) is 8.23. The number of imide groups is 1. The smallest absolute Gasteiger partial charge is 0.417 e. The van der Waals surface area contributed by atoms with Gasteiger partial charge >= 0.3 is 6.09 Å². The first-order valence-corrected chi connectivity index (χ1v) is 8.23. The van der Waals surface area contributed by atoms with Gasteiger partial charge in [-0.1, -0.05) is 36.4 Å². The minimum absolute atomic E-state index is 0.0120. The molecule has 1 aliphatic heterocycles. The molecule has 2 N–H and O–H groups in total. The SMILES string of the molecule is O=C(/C=C/c1ccc(O)c(CO)c1)N1C(=O)OC[C@@H]1Cc1ccccc1. The number of aliphatic hydroxyl groups is 1. The molecule has 0 unspecified atom stereocenters. The van der Waals surface area contributed by atoms with E-state index in [0.29, 0.717) is 17.5 Å². The number of hydrogen-bond donors (Lipinski definition) is 2. The summed E-state index contributed by atoms with van der Waals surface area (Å²) in [6, 6.07) is 13.9. The van der Waals surface area contributed by atoms with E-state index in [1.165, 1.54) is 18.2 Å². The van der Waals surface area contributed by atoms with E-state index >= 15 is 0 Å². The zero-order valence-electron chi connectivity index (χ0n) is 14.0. The van der Waals surface area contributed by atoms with E-state index in [4.69, 9.17) is 4.74 Å². The van der Waals surface area contributed by atoms with Gasteiger partial charge in [-0.05, 0) is 35.8 Å². The van der Waals surface area contributed by atoms with Crippen LogP contribution in [-0.4, -0.2) is 39.8 Å². The molecule has 1 fully saturated rings. The molecular formula is C20H19NO5. The number of ether oxygens (including phenoxy) is 1. The van der Waals surface area contributed by atoms with E-state index in [9.17, 15) is 19.8 Å². The highest BCUT2D eigenvalue weighted by atomic mass is 16.6. The average Bonchev–Trinajstić information content (AvgIpc) is 3.02. The van der Waals surface area contributed by atoms with Crippen molar-refractivity contribution in [1.82, 2.24) is 4.90 Å². The summed E-state index contributed by atoms with van der Waals surface area (Å²) in [5, 5.41) is 18.8. The van der Waals surface area contributed by atoms with E-state index in [0.717, 1.165) is 10.5 Å². The number of aromatic hydroxyl groups is 1. The van der Waals surface area contributed by atoms with Crippen molar-refractivity contribution < 1.29 is 24.5 Å². The summed E-state index contributed by atoms with van der Waals surface area (Å²) in [7, 11) is 0. The van der Waals surface area contributed by atoms with Gasteiger partial charge in [0, 0.05) is 11.6 Å². The van der Waals surface area contributed by atoms with Crippen molar-refractivity contribution in [2.75, 3.05) is 6.61 Å². The normalized spacial score (nSPS) is 16.9. The molecule has 1 aliphatic rings. The summed E-state index contributed by atoms with van der Waals surface area (Å²) in [5.41, 5.74) is 2.01. The van der Waals surface area contributed by atoms with Crippen LogP contribution in [0.4, 0.5) is 4.79 Å². The van der Waals surface area contributed by atoms with Crippen LogP contribution in [0.15, 0.2) is 54.6 Å². The minimum atomic E-state index is -0.651. The van der Waals surface area contributed by atoms with Crippen LogP contribution >= 0.6 is 0 Å². The quantitative estimate of drug-likeness (QED) is 0.807. The van der Waals surface area contributed by atoms with Gasteiger partial charge in [-0.25, -0.2) is 9.69 Å². The second kappa shape index (κ2) is 7.84. The number of cyclic esters (lactones) is 1. The molecule has 1 saturated heterocycles. The lowest BCUT2D eigenvalue weighted by Gasteiger charge is -2.18. The molecule has 2 aromatic carbocycles. The van der Waals surface area contributed by atoms with Crippen LogP contribution in [-0.2, 0) is 22.6 Å². The summed E-state index contributed by atoms with van der Waals surface area (Å²) in [6.45, 7) is -0.139. The predicted molar refractivity (Wildman–Crippen MR) is 95.2 cm³/mol. The summed E-state index contributed by atoms with van der Waals surface area (Å²) in [5.74, 6) is -0.478. The molecule has 26 heavy (non-hydrogen) atoms. The maximum atomic E-state index is 12.5. The van der Waals surface area contributed by atoms with Crippen LogP contribution in [0.25, 0.3) is 6.08 Å². The second-order valence-corrected chi connectivity index (χ2v) is 6.01. The second-order valence-electron chi connectivity index (χ2n) is 6.01. The van der Waals surface area contributed by atoms with Crippen molar-refractivity contribution in [3.8, 4) is 5.75 Å². The van der Waals surface area contributed by atoms with Crippen LogP contribution < -0.4 is 0 Å². The Hall–Kier alpha value is -3.12. The Morgan fingerprint density at radius 1 is 1.23 bits per heavy atom. The van der Waals surface area contributed by atoms with Crippen LogP contribution in [0, 0.1) is 0 Å². The fourth-order valence-corrected chi connectivity index (χ4v) is 2.85. The lowest BCUT2D eigenvalue weighted by atomic mass is 10.1. The molecule has 1 atom stereocenters. The monoisotopic (exact) mass is 353 g/mol. The van der Waals surface area contributed by atoms with Gasteiger partial charge in [0.2, 0.25) is 0 Å². The molecule has 134 valence electrons. The molecule has 0 radical (unpaired) electrons. The number of carbonyl (C=O) groups is 2. The van der Waals surface area contributed by atoms with Crippen LogP contribution in [0.2, 0.25) is 0 Å². The minimum Gasteiger partial charge on any atom is -0.508 e. The first-order chi connectivity index (χ1) is 12.6. The van der Waals surface area contributed by atoms with Gasteiger partial charge in [0.05, 0.1) is 12.6 Å². The van der Waals surface area contributed by atoms with Gasteiger partial charge in [-0.3, -0.25) is 4.79 Å². The molecule has 6 heteroatoms. The maximum Gasteiger partial charge on any atom is 0.417 e. The summed E-state index contributed by atoms with van der Waals surface area (Å²) in [4.78, 5) is 25.6. The van der Waals surface area contributed by atoms with E-state index in [1.807, 2.05) is 30.3 Å². The van der Waals surface area contributed by atoms with Gasteiger partial charge in [0.1, 0.15) is 12.4 Å². The topological polar surface area (TPSA) is 87.1 Å². The number of hydrogen-bond acceptors (Lipinski definition) is 5. The lowest BCUT2D eigenvalue weighted by molar-refractivity contribution is -0.124. The van der Waals surface area contributed by atoms with E-state index in [1.54, 1.807) is 12.1 Å². The van der Waals surface area contributed by atoms with Gasteiger partial charge < -0.3 is 14.9 Å². The summed E-state index contributed by atoms with van der Waals surface area (Å²) in [6.07, 6.45) is 2.70. The molecule has 1 heterocycles. The fraction of sp³-hybridized carbons (Fsp3) is 0.200.